The van der Waals surface area contributed by atoms with Crippen LogP contribution in [-0.2, 0) is 0 Å². The molecule has 118 valence electrons. The van der Waals surface area contributed by atoms with Crippen LogP contribution in [0, 0.1) is 5.41 Å². The van der Waals surface area contributed by atoms with E-state index in [-0.39, 0.29) is 23.1 Å². The van der Waals surface area contributed by atoms with Gasteiger partial charge in [-0.1, -0.05) is 6.42 Å². The second kappa shape index (κ2) is 4.53. The molecule has 4 rings (SSSR count). The van der Waals surface area contributed by atoms with Crippen molar-refractivity contribution < 1.29 is 10.2 Å². The molecule has 0 radical (unpaired) electrons. The topological polar surface area (TPSA) is 130 Å². The minimum absolute atomic E-state index is 0.0403. The molecule has 0 amide bonds. The SMILES string of the molecule is Nc1nc2c(ncn2[C@H]2C[C@H](O)[C@@]3(CCC[C@@H]3O)C2)c(=O)[nH]1. The van der Waals surface area contributed by atoms with Crippen LogP contribution in [0.1, 0.15) is 38.1 Å². The van der Waals surface area contributed by atoms with E-state index in [0.29, 0.717) is 18.5 Å². The summed E-state index contributed by atoms with van der Waals surface area (Å²) in [5.41, 5.74) is 5.50. The standard InChI is InChI=1S/C14H19N5O3/c15-13-17-11-10(12(22)18-13)16-6-19(11)7-4-9(21)14(5-7)3-1-2-8(14)20/h6-9,20-21H,1-5H2,(H3,15,17,18,22)/t7-,8-,9-,14-/m0/s1. The van der Waals surface area contributed by atoms with Crippen LogP contribution in [0.3, 0.4) is 0 Å². The molecule has 2 aliphatic carbocycles. The molecule has 8 heteroatoms. The maximum Gasteiger partial charge on any atom is 0.280 e. The van der Waals surface area contributed by atoms with Crippen LogP contribution >= 0.6 is 0 Å². The van der Waals surface area contributed by atoms with Gasteiger partial charge in [0.05, 0.1) is 18.5 Å². The number of hydrogen-bond acceptors (Lipinski definition) is 6. The molecule has 2 aliphatic rings. The molecule has 0 aliphatic heterocycles. The molecule has 0 unspecified atom stereocenters. The summed E-state index contributed by atoms with van der Waals surface area (Å²) in [4.78, 5) is 22.6. The molecule has 8 nitrogen and oxygen atoms in total. The fourth-order valence-electron chi connectivity index (χ4n) is 4.28. The Bertz CT molecular complexity index is 784. The van der Waals surface area contributed by atoms with Gasteiger partial charge < -0.3 is 20.5 Å². The van der Waals surface area contributed by atoms with Crippen LogP contribution in [0.25, 0.3) is 11.2 Å². The lowest BCUT2D eigenvalue weighted by Gasteiger charge is -2.31. The monoisotopic (exact) mass is 305 g/mol. The van der Waals surface area contributed by atoms with E-state index in [1.165, 1.54) is 0 Å². The van der Waals surface area contributed by atoms with Crippen molar-refractivity contribution >= 4 is 17.1 Å². The second-order valence-corrected chi connectivity index (χ2v) is 6.53. The molecule has 2 aromatic rings. The number of nitrogens with zero attached hydrogens (tertiary/aromatic N) is 3. The second-order valence-electron chi connectivity index (χ2n) is 6.53. The Kier molecular flexibility index (Phi) is 2.82. The van der Waals surface area contributed by atoms with Crippen molar-refractivity contribution in [2.24, 2.45) is 5.41 Å². The molecule has 22 heavy (non-hydrogen) atoms. The molecule has 2 heterocycles. The van der Waals surface area contributed by atoms with E-state index in [9.17, 15) is 15.0 Å². The molecule has 4 atom stereocenters. The average Bonchev–Trinajstić information content (AvgIpc) is 3.11. The molecular weight excluding hydrogens is 286 g/mol. The number of H-pyrrole nitrogens is 1. The predicted molar refractivity (Wildman–Crippen MR) is 79.1 cm³/mol. The van der Waals surface area contributed by atoms with Crippen molar-refractivity contribution in [1.82, 2.24) is 19.5 Å². The number of aliphatic hydroxyl groups is 2. The fourth-order valence-corrected chi connectivity index (χ4v) is 4.28. The lowest BCUT2D eigenvalue weighted by Crippen LogP contribution is -2.37. The van der Waals surface area contributed by atoms with Crippen molar-refractivity contribution in [2.75, 3.05) is 5.73 Å². The van der Waals surface area contributed by atoms with Crippen LogP contribution < -0.4 is 11.3 Å². The number of hydrogen-bond donors (Lipinski definition) is 4. The van der Waals surface area contributed by atoms with Crippen LogP contribution in [0.4, 0.5) is 5.95 Å². The number of rotatable bonds is 1. The summed E-state index contributed by atoms with van der Waals surface area (Å²) in [6, 6.07) is -0.0403. The van der Waals surface area contributed by atoms with E-state index in [4.69, 9.17) is 5.73 Å². The third-order valence-electron chi connectivity index (χ3n) is 5.40. The van der Waals surface area contributed by atoms with Gasteiger partial charge in [-0.3, -0.25) is 9.78 Å². The Morgan fingerprint density at radius 1 is 1.41 bits per heavy atom. The zero-order valence-electron chi connectivity index (χ0n) is 12.1. The van der Waals surface area contributed by atoms with Gasteiger partial charge in [-0.05, 0) is 25.7 Å². The summed E-state index contributed by atoms with van der Waals surface area (Å²) in [5, 5.41) is 20.8. The highest BCUT2D eigenvalue weighted by Crippen LogP contribution is 2.54. The van der Waals surface area contributed by atoms with E-state index < -0.39 is 17.6 Å². The molecule has 2 saturated carbocycles. The summed E-state index contributed by atoms with van der Waals surface area (Å²) < 4.78 is 1.81. The first-order valence-corrected chi connectivity index (χ1v) is 7.60. The zero-order valence-corrected chi connectivity index (χ0v) is 12.1. The van der Waals surface area contributed by atoms with Gasteiger partial charge in [0, 0.05) is 11.5 Å². The van der Waals surface area contributed by atoms with Crippen molar-refractivity contribution in [1.29, 1.82) is 0 Å². The summed E-state index contributed by atoms with van der Waals surface area (Å²) >= 11 is 0. The fraction of sp³-hybridized carbons (Fsp3) is 0.643. The van der Waals surface area contributed by atoms with Crippen molar-refractivity contribution in [3.8, 4) is 0 Å². The Balaban J connectivity index is 1.76. The molecule has 5 N–H and O–H groups in total. The Morgan fingerprint density at radius 2 is 2.23 bits per heavy atom. The van der Waals surface area contributed by atoms with Crippen molar-refractivity contribution in [2.45, 2.75) is 50.4 Å². The van der Waals surface area contributed by atoms with Crippen LogP contribution in [0.5, 0.6) is 0 Å². The third-order valence-corrected chi connectivity index (χ3v) is 5.40. The van der Waals surface area contributed by atoms with Crippen molar-refractivity contribution in [3.63, 3.8) is 0 Å². The van der Waals surface area contributed by atoms with Crippen LogP contribution in [0.15, 0.2) is 11.1 Å². The van der Waals surface area contributed by atoms with Gasteiger partial charge in [0.2, 0.25) is 5.95 Å². The van der Waals surface area contributed by atoms with Gasteiger partial charge in [-0.15, -0.1) is 0 Å². The number of nitrogen functional groups attached to an aromatic ring is 1. The van der Waals surface area contributed by atoms with E-state index >= 15 is 0 Å². The van der Waals surface area contributed by atoms with E-state index in [1.807, 2.05) is 4.57 Å². The zero-order chi connectivity index (χ0) is 15.5. The Hall–Kier alpha value is -1.93. The highest BCUT2D eigenvalue weighted by atomic mass is 16.3. The van der Waals surface area contributed by atoms with E-state index in [2.05, 4.69) is 15.0 Å². The van der Waals surface area contributed by atoms with Crippen LogP contribution in [0.2, 0.25) is 0 Å². The minimum atomic E-state index is -0.549. The molecule has 2 aromatic heterocycles. The largest absolute Gasteiger partial charge is 0.392 e. The quantitative estimate of drug-likeness (QED) is 0.583. The smallest absolute Gasteiger partial charge is 0.280 e. The predicted octanol–water partition coefficient (Wildman–Crippen LogP) is -0.0712. The number of nitrogens with one attached hydrogen (secondary N) is 1. The summed E-state index contributed by atoms with van der Waals surface area (Å²) in [5.74, 6) is 0.0495. The van der Waals surface area contributed by atoms with Gasteiger partial charge in [0.1, 0.15) is 0 Å². The molecule has 0 aromatic carbocycles. The van der Waals surface area contributed by atoms with Gasteiger partial charge in [-0.25, -0.2) is 4.98 Å². The summed E-state index contributed by atoms with van der Waals surface area (Å²) in [6.07, 6.45) is 4.24. The van der Waals surface area contributed by atoms with Gasteiger partial charge in [-0.2, -0.15) is 4.98 Å². The van der Waals surface area contributed by atoms with E-state index in [0.717, 1.165) is 19.3 Å². The minimum Gasteiger partial charge on any atom is -0.392 e. The number of fused-ring (bicyclic) bond motifs is 1. The van der Waals surface area contributed by atoms with E-state index in [1.54, 1.807) is 6.33 Å². The highest BCUT2D eigenvalue weighted by Gasteiger charge is 2.54. The molecule has 2 fully saturated rings. The molecule has 0 bridgehead atoms. The summed E-state index contributed by atoms with van der Waals surface area (Å²) in [7, 11) is 0. The first-order valence-electron chi connectivity index (χ1n) is 7.60. The number of aromatic nitrogens is 4. The molecule has 0 saturated heterocycles. The highest BCUT2D eigenvalue weighted by molar-refractivity contribution is 5.70. The number of anilines is 1. The summed E-state index contributed by atoms with van der Waals surface area (Å²) in [6.45, 7) is 0. The first-order chi connectivity index (χ1) is 10.5. The lowest BCUT2D eigenvalue weighted by molar-refractivity contribution is -0.0302. The van der Waals surface area contributed by atoms with Gasteiger partial charge in [0.15, 0.2) is 11.2 Å². The number of imidazole rings is 1. The number of aromatic amines is 1. The van der Waals surface area contributed by atoms with Crippen LogP contribution in [-0.4, -0.2) is 41.9 Å². The molecular formula is C14H19N5O3. The van der Waals surface area contributed by atoms with Gasteiger partial charge in [0.25, 0.3) is 5.56 Å². The molecule has 1 spiro atoms. The lowest BCUT2D eigenvalue weighted by atomic mass is 9.80. The maximum atomic E-state index is 11.9. The average molecular weight is 305 g/mol. The Labute approximate surface area is 126 Å². The normalized spacial score (nSPS) is 34.9. The number of nitrogens with two attached hydrogens (primary N) is 1. The first kappa shape index (κ1) is 13.7. The Morgan fingerprint density at radius 3 is 2.95 bits per heavy atom. The third kappa shape index (κ3) is 1.74. The van der Waals surface area contributed by atoms with Gasteiger partial charge >= 0.3 is 0 Å². The maximum absolute atomic E-state index is 11.9. The number of aliphatic hydroxyl groups excluding tert-OH is 2. The van der Waals surface area contributed by atoms with Crippen molar-refractivity contribution in [3.05, 3.63) is 16.7 Å².